The normalized spacial score (nSPS) is 13.5. The molecule has 28 heavy (non-hydrogen) atoms. The van der Waals surface area contributed by atoms with Gasteiger partial charge < -0.3 is 25.2 Å². The van der Waals surface area contributed by atoms with Crippen LogP contribution in [0.3, 0.4) is 0 Å². The van der Waals surface area contributed by atoms with E-state index in [-0.39, 0.29) is 12.5 Å². The second-order valence-electron chi connectivity index (χ2n) is 6.02. The van der Waals surface area contributed by atoms with Gasteiger partial charge >= 0.3 is 5.97 Å². The van der Waals surface area contributed by atoms with Crippen molar-refractivity contribution < 1.29 is 29.0 Å². The van der Waals surface area contributed by atoms with Crippen LogP contribution < -0.4 is 20.1 Å². The number of carbonyl (C=O) groups excluding carboxylic acids is 2. The molecule has 2 amide bonds. The Morgan fingerprint density at radius 3 is 2.50 bits per heavy atom. The van der Waals surface area contributed by atoms with Crippen LogP contribution in [0, 0.1) is 0 Å². The number of rotatable bonds is 6. The molecule has 3 rings (SSSR count). The Balaban J connectivity index is 1.88. The van der Waals surface area contributed by atoms with E-state index in [0.29, 0.717) is 22.6 Å². The summed E-state index contributed by atoms with van der Waals surface area (Å²) in [6.45, 7) is 1.44. The molecule has 144 valence electrons. The van der Waals surface area contributed by atoms with Gasteiger partial charge in [-0.2, -0.15) is 0 Å². The minimum absolute atomic E-state index is 0.0965. The lowest BCUT2D eigenvalue weighted by atomic mass is 10.1. The first kappa shape index (κ1) is 19.0. The highest BCUT2D eigenvalue weighted by Gasteiger charge is 2.20. The van der Waals surface area contributed by atoms with E-state index in [2.05, 4.69) is 10.6 Å². The fourth-order valence-electron chi connectivity index (χ4n) is 2.45. The summed E-state index contributed by atoms with van der Waals surface area (Å²) in [6, 6.07) is 12.3. The predicted molar refractivity (Wildman–Crippen MR) is 99.7 cm³/mol. The lowest BCUT2D eigenvalue weighted by Crippen LogP contribution is -2.42. The standard InChI is InChI=1S/C20H18N2O6/c1-12(20(25)26)21-19(24)15(22-18(23)14-5-3-2-4-6-14)9-13-7-8-16-17(10-13)28-11-27-16/h2-10,12H,11H2,1H3,(H,21,24)(H,22,23)(H,25,26)/b15-9+. The Morgan fingerprint density at radius 2 is 1.79 bits per heavy atom. The molecule has 1 aliphatic heterocycles. The maximum Gasteiger partial charge on any atom is 0.325 e. The molecule has 1 heterocycles. The van der Waals surface area contributed by atoms with Crippen LogP contribution in [0.5, 0.6) is 11.5 Å². The summed E-state index contributed by atoms with van der Waals surface area (Å²) in [4.78, 5) is 36.0. The van der Waals surface area contributed by atoms with Gasteiger partial charge in [-0.05, 0) is 42.8 Å². The van der Waals surface area contributed by atoms with Crippen LogP contribution in [0.4, 0.5) is 0 Å². The maximum absolute atomic E-state index is 12.5. The lowest BCUT2D eigenvalue weighted by molar-refractivity contribution is -0.140. The Labute approximate surface area is 160 Å². The number of amides is 2. The van der Waals surface area contributed by atoms with Gasteiger partial charge in [0, 0.05) is 5.56 Å². The van der Waals surface area contributed by atoms with Crippen molar-refractivity contribution >= 4 is 23.9 Å². The molecule has 0 saturated carbocycles. The minimum Gasteiger partial charge on any atom is -0.480 e. The molecule has 1 unspecified atom stereocenters. The third-order valence-corrected chi connectivity index (χ3v) is 3.95. The average molecular weight is 382 g/mol. The molecule has 1 aliphatic rings. The number of hydrogen-bond donors (Lipinski definition) is 3. The van der Waals surface area contributed by atoms with Gasteiger partial charge in [0.15, 0.2) is 11.5 Å². The number of hydrogen-bond acceptors (Lipinski definition) is 5. The molecule has 2 aromatic carbocycles. The molecule has 0 saturated heterocycles. The summed E-state index contributed by atoms with van der Waals surface area (Å²) in [5, 5.41) is 13.9. The second kappa shape index (κ2) is 8.26. The molecular formula is C20H18N2O6. The zero-order valence-corrected chi connectivity index (χ0v) is 15.0. The van der Waals surface area contributed by atoms with Crippen molar-refractivity contribution in [1.29, 1.82) is 0 Å². The Hall–Kier alpha value is -3.81. The third-order valence-electron chi connectivity index (χ3n) is 3.95. The van der Waals surface area contributed by atoms with E-state index in [1.165, 1.54) is 13.0 Å². The SMILES string of the molecule is CC(NC(=O)/C(=C\c1ccc2c(c1)OCO2)NC(=O)c1ccccc1)C(=O)O. The van der Waals surface area contributed by atoms with Gasteiger partial charge in [-0.15, -0.1) is 0 Å². The molecule has 0 aliphatic carbocycles. The van der Waals surface area contributed by atoms with E-state index in [1.807, 2.05) is 0 Å². The molecule has 0 aromatic heterocycles. The summed E-state index contributed by atoms with van der Waals surface area (Å²) in [6.07, 6.45) is 1.44. The van der Waals surface area contributed by atoms with Crippen LogP contribution in [0.15, 0.2) is 54.2 Å². The summed E-state index contributed by atoms with van der Waals surface area (Å²) < 4.78 is 10.6. The van der Waals surface area contributed by atoms with E-state index in [1.54, 1.807) is 48.5 Å². The molecule has 0 fully saturated rings. The largest absolute Gasteiger partial charge is 0.480 e. The monoisotopic (exact) mass is 382 g/mol. The second-order valence-corrected chi connectivity index (χ2v) is 6.02. The number of carboxylic acids is 1. The van der Waals surface area contributed by atoms with E-state index in [9.17, 15) is 14.4 Å². The van der Waals surface area contributed by atoms with Gasteiger partial charge in [0.05, 0.1) is 0 Å². The fraction of sp³-hybridized carbons (Fsp3) is 0.150. The van der Waals surface area contributed by atoms with Gasteiger partial charge in [-0.1, -0.05) is 24.3 Å². The maximum atomic E-state index is 12.5. The van der Waals surface area contributed by atoms with Crippen LogP contribution in [-0.4, -0.2) is 35.7 Å². The van der Waals surface area contributed by atoms with Crippen LogP contribution in [0.2, 0.25) is 0 Å². The molecular weight excluding hydrogens is 364 g/mol. The zero-order chi connectivity index (χ0) is 20.1. The van der Waals surface area contributed by atoms with Gasteiger partial charge in [0.25, 0.3) is 11.8 Å². The highest BCUT2D eigenvalue weighted by Crippen LogP contribution is 2.33. The molecule has 1 atom stereocenters. The number of fused-ring (bicyclic) bond motifs is 1. The molecule has 8 heteroatoms. The molecule has 0 bridgehead atoms. The number of nitrogens with one attached hydrogen (secondary N) is 2. The Bertz CT molecular complexity index is 939. The predicted octanol–water partition coefficient (Wildman–Crippen LogP) is 1.78. The van der Waals surface area contributed by atoms with Crippen LogP contribution in [-0.2, 0) is 9.59 Å². The zero-order valence-electron chi connectivity index (χ0n) is 15.0. The summed E-state index contributed by atoms with van der Waals surface area (Å²) >= 11 is 0. The smallest absolute Gasteiger partial charge is 0.325 e. The Kier molecular flexibility index (Phi) is 5.59. The first-order valence-corrected chi connectivity index (χ1v) is 8.45. The van der Waals surface area contributed by atoms with E-state index in [4.69, 9.17) is 14.6 Å². The van der Waals surface area contributed by atoms with E-state index < -0.39 is 23.8 Å². The summed E-state index contributed by atoms with van der Waals surface area (Å²) in [5.41, 5.74) is 0.838. The van der Waals surface area contributed by atoms with Crippen LogP contribution in [0.1, 0.15) is 22.8 Å². The summed E-state index contributed by atoms with van der Waals surface area (Å²) in [7, 11) is 0. The molecule has 0 spiro atoms. The third kappa shape index (κ3) is 4.47. The minimum atomic E-state index is -1.19. The van der Waals surface area contributed by atoms with Crippen LogP contribution >= 0.6 is 0 Å². The Morgan fingerprint density at radius 1 is 1.07 bits per heavy atom. The number of benzene rings is 2. The van der Waals surface area contributed by atoms with Gasteiger partial charge in [-0.3, -0.25) is 14.4 Å². The molecule has 3 N–H and O–H groups in total. The van der Waals surface area contributed by atoms with Crippen molar-refractivity contribution in [1.82, 2.24) is 10.6 Å². The molecule has 8 nitrogen and oxygen atoms in total. The highest BCUT2D eigenvalue weighted by atomic mass is 16.7. The topological polar surface area (TPSA) is 114 Å². The highest BCUT2D eigenvalue weighted by molar-refractivity contribution is 6.06. The lowest BCUT2D eigenvalue weighted by Gasteiger charge is -2.13. The molecule has 2 aromatic rings. The van der Waals surface area contributed by atoms with Gasteiger partial charge in [0.2, 0.25) is 6.79 Å². The number of aliphatic carboxylic acids is 1. The van der Waals surface area contributed by atoms with Crippen molar-refractivity contribution in [3.05, 3.63) is 65.4 Å². The first-order valence-electron chi connectivity index (χ1n) is 8.45. The molecule has 0 radical (unpaired) electrons. The van der Waals surface area contributed by atoms with Crippen molar-refractivity contribution in [3.63, 3.8) is 0 Å². The number of carbonyl (C=O) groups is 3. The average Bonchev–Trinajstić information content (AvgIpc) is 3.15. The fourth-order valence-corrected chi connectivity index (χ4v) is 2.45. The van der Waals surface area contributed by atoms with Crippen LogP contribution in [0.25, 0.3) is 6.08 Å². The van der Waals surface area contributed by atoms with Crippen molar-refractivity contribution in [2.45, 2.75) is 13.0 Å². The summed E-state index contributed by atoms with van der Waals surface area (Å²) in [5.74, 6) is -1.31. The quantitative estimate of drug-likeness (QED) is 0.656. The number of carboxylic acid groups (broad SMARTS) is 1. The van der Waals surface area contributed by atoms with Crippen molar-refractivity contribution in [2.75, 3.05) is 6.79 Å². The van der Waals surface area contributed by atoms with E-state index >= 15 is 0 Å². The van der Waals surface area contributed by atoms with Crippen molar-refractivity contribution in [2.24, 2.45) is 0 Å². The van der Waals surface area contributed by atoms with Gasteiger partial charge in [-0.25, -0.2) is 0 Å². The number of ether oxygens (including phenoxy) is 2. The first-order chi connectivity index (χ1) is 13.4. The van der Waals surface area contributed by atoms with Gasteiger partial charge in [0.1, 0.15) is 11.7 Å². The van der Waals surface area contributed by atoms with E-state index in [0.717, 1.165) is 0 Å². The van der Waals surface area contributed by atoms with Crippen molar-refractivity contribution in [3.8, 4) is 11.5 Å².